The van der Waals surface area contributed by atoms with E-state index in [-0.39, 0.29) is 5.91 Å². The fraction of sp³-hybridized carbons (Fsp3) is 0.368. The summed E-state index contributed by atoms with van der Waals surface area (Å²) in [5.41, 5.74) is 2.46. The van der Waals surface area contributed by atoms with Gasteiger partial charge in [-0.2, -0.15) is 0 Å². The van der Waals surface area contributed by atoms with Crippen LogP contribution in [0, 0.1) is 0 Å². The molecule has 0 bridgehead atoms. The molecule has 2 aromatic rings. The van der Waals surface area contributed by atoms with Crippen molar-refractivity contribution in [2.45, 2.75) is 38.9 Å². The third kappa shape index (κ3) is 3.46. The molecule has 4 nitrogen and oxygen atoms in total. The number of amides is 1. The van der Waals surface area contributed by atoms with Crippen LogP contribution in [0.3, 0.4) is 0 Å². The zero-order chi connectivity index (χ0) is 17.3. The molecule has 0 spiro atoms. The van der Waals surface area contributed by atoms with Crippen LogP contribution in [0.4, 0.5) is 10.1 Å². The Morgan fingerprint density at radius 1 is 1.33 bits per heavy atom. The van der Waals surface area contributed by atoms with Crippen LogP contribution in [-0.4, -0.2) is 17.4 Å². The fourth-order valence-electron chi connectivity index (χ4n) is 2.95. The van der Waals surface area contributed by atoms with E-state index in [1.54, 1.807) is 6.07 Å². The predicted octanol–water partition coefficient (Wildman–Crippen LogP) is 3.75. The molecule has 1 amide bonds. The highest BCUT2D eigenvalue weighted by molar-refractivity contribution is 6.04. The highest BCUT2D eigenvalue weighted by Gasteiger charge is 2.20. The van der Waals surface area contributed by atoms with Gasteiger partial charge >= 0.3 is 0 Å². The molecular weight excluding hydrogens is 305 g/mol. The molecule has 0 aliphatic carbocycles. The maximum absolute atomic E-state index is 14.0. The quantitative estimate of drug-likeness (QED) is 0.903. The van der Waals surface area contributed by atoms with Gasteiger partial charge in [0.15, 0.2) is 0 Å². The Bertz CT molecular complexity index is 767. The zero-order valence-corrected chi connectivity index (χ0v) is 14.2. The molecule has 2 heterocycles. The number of hydrogen-bond donors (Lipinski definition) is 2. The Hall–Kier alpha value is -2.27. The van der Waals surface area contributed by atoms with Gasteiger partial charge in [0, 0.05) is 30.4 Å². The van der Waals surface area contributed by atoms with Gasteiger partial charge in [0.25, 0.3) is 5.91 Å². The summed E-state index contributed by atoms with van der Waals surface area (Å²) in [6.45, 7) is 6.82. The molecular formula is C19H22FN3O. The van der Waals surface area contributed by atoms with E-state index in [0.717, 1.165) is 18.7 Å². The average molecular weight is 327 g/mol. The normalized spacial score (nSPS) is 17.2. The minimum absolute atomic E-state index is 0.216. The van der Waals surface area contributed by atoms with Gasteiger partial charge in [-0.1, -0.05) is 13.0 Å². The van der Waals surface area contributed by atoms with Gasteiger partial charge in [0.05, 0.1) is 11.9 Å². The summed E-state index contributed by atoms with van der Waals surface area (Å²) >= 11 is 0. The topological polar surface area (TPSA) is 54.0 Å². The number of rotatable bonds is 3. The number of carbonyl (C=O) groups is 1. The van der Waals surface area contributed by atoms with Gasteiger partial charge in [0.1, 0.15) is 5.67 Å². The van der Waals surface area contributed by atoms with Crippen molar-refractivity contribution >= 4 is 11.6 Å². The van der Waals surface area contributed by atoms with Crippen LogP contribution in [0.1, 0.15) is 53.7 Å². The summed E-state index contributed by atoms with van der Waals surface area (Å²) < 4.78 is 14.0. The molecule has 2 N–H and O–H groups in total. The van der Waals surface area contributed by atoms with Gasteiger partial charge in [0.2, 0.25) is 0 Å². The second kappa shape index (κ2) is 6.32. The molecule has 0 radical (unpaired) electrons. The number of pyridine rings is 1. The van der Waals surface area contributed by atoms with E-state index >= 15 is 0 Å². The largest absolute Gasteiger partial charge is 0.321 e. The number of anilines is 1. The van der Waals surface area contributed by atoms with Gasteiger partial charge in [-0.25, -0.2) is 4.39 Å². The lowest BCUT2D eigenvalue weighted by Crippen LogP contribution is -2.27. The number of aromatic nitrogens is 1. The molecule has 1 aromatic carbocycles. The summed E-state index contributed by atoms with van der Waals surface area (Å²) in [6.07, 6.45) is 3.00. The van der Waals surface area contributed by atoms with Crippen molar-refractivity contribution in [1.29, 1.82) is 0 Å². The molecule has 3 rings (SSSR count). The molecule has 126 valence electrons. The molecule has 0 fully saturated rings. The molecule has 1 atom stereocenters. The van der Waals surface area contributed by atoms with Crippen molar-refractivity contribution in [2.75, 3.05) is 11.9 Å². The van der Waals surface area contributed by atoms with Crippen LogP contribution in [0.2, 0.25) is 0 Å². The number of nitrogens with one attached hydrogen (secondary N) is 2. The Morgan fingerprint density at radius 3 is 2.88 bits per heavy atom. The van der Waals surface area contributed by atoms with Gasteiger partial charge in [-0.3, -0.25) is 9.78 Å². The van der Waals surface area contributed by atoms with E-state index in [9.17, 15) is 9.18 Å². The zero-order valence-electron chi connectivity index (χ0n) is 14.2. The minimum atomic E-state index is -1.50. The van der Waals surface area contributed by atoms with E-state index in [0.29, 0.717) is 22.7 Å². The van der Waals surface area contributed by atoms with Gasteiger partial charge in [-0.05, 0) is 49.1 Å². The molecule has 1 aliphatic rings. The highest BCUT2D eigenvalue weighted by Crippen LogP contribution is 2.27. The van der Waals surface area contributed by atoms with E-state index in [2.05, 4.69) is 22.5 Å². The Kier molecular flexibility index (Phi) is 4.37. The molecule has 24 heavy (non-hydrogen) atoms. The first-order valence-electron chi connectivity index (χ1n) is 8.14. The number of fused-ring (bicyclic) bond motifs is 1. The first kappa shape index (κ1) is 16.6. The summed E-state index contributed by atoms with van der Waals surface area (Å²) in [5.74, 6) is 0.227. The Balaban J connectivity index is 1.81. The summed E-state index contributed by atoms with van der Waals surface area (Å²) in [7, 11) is 0. The fourth-order valence-corrected chi connectivity index (χ4v) is 2.95. The Labute approximate surface area is 141 Å². The van der Waals surface area contributed by atoms with Crippen molar-refractivity contribution in [2.24, 2.45) is 0 Å². The lowest BCUT2D eigenvalue weighted by molar-refractivity contribution is 0.102. The van der Waals surface area contributed by atoms with Crippen LogP contribution in [0.5, 0.6) is 0 Å². The van der Waals surface area contributed by atoms with Crippen LogP contribution < -0.4 is 10.6 Å². The SMILES string of the molecule is CC1CNCc2cc(C(=O)Nc3cncc(C(C)(C)F)c3)ccc21. The van der Waals surface area contributed by atoms with E-state index in [4.69, 9.17) is 0 Å². The van der Waals surface area contributed by atoms with E-state index in [1.165, 1.54) is 31.8 Å². The molecule has 1 unspecified atom stereocenters. The summed E-state index contributed by atoms with van der Waals surface area (Å²) in [5, 5.41) is 6.15. The lowest BCUT2D eigenvalue weighted by atomic mass is 9.91. The highest BCUT2D eigenvalue weighted by atomic mass is 19.1. The number of alkyl halides is 1. The maximum atomic E-state index is 14.0. The monoisotopic (exact) mass is 327 g/mol. The van der Waals surface area contributed by atoms with Gasteiger partial charge in [-0.15, -0.1) is 0 Å². The van der Waals surface area contributed by atoms with Crippen LogP contribution in [0.15, 0.2) is 36.7 Å². The number of hydrogen-bond acceptors (Lipinski definition) is 3. The van der Waals surface area contributed by atoms with Crippen molar-refractivity contribution < 1.29 is 9.18 Å². The summed E-state index contributed by atoms with van der Waals surface area (Å²) in [4.78, 5) is 16.5. The molecule has 1 aromatic heterocycles. The Morgan fingerprint density at radius 2 is 2.12 bits per heavy atom. The van der Waals surface area contributed by atoms with Crippen molar-refractivity contribution in [1.82, 2.24) is 10.3 Å². The molecule has 0 saturated heterocycles. The lowest BCUT2D eigenvalue weighted by Gasteiger charge is -2.23. The van der Waals surface area contributed by atoms with Crippen molar-refractivity contribution in [3.8, 4) is 0 Å². The number of benzene rings is 1. The predicted molar refractivity (Wildman–Crippen MR) is 92.9 cm³/mol. The number of carbonyl (C=O) groups excluding carboxylic acids is 1. The third-order valence-electron chi connectivity index (χ3n) is 4.38. The first-order valence-corrected chi connectivity index (χ1v) is 8.14. The standard InChI is InChI=1S/C19H22FN3O/c1-12-8-21-9-14-6-13(4-5-17(12)14)18(24)23-16-7-15(10-22-11-16)19(2,3)20/h4-7,10-12,21H,8-9H2,1-3H3,(H,23,24). The second-order valence-corrected chi connectivity index (χ2v) is 6.83. The minimum Gasteiger partial charge on any atom is -0.321 e. The van der Waals surface area contributed by atoms with Crippen molar-refractivity contribution in [3.63, 3.8) is 0 Å². The number of halogens is 1. The summed E-state index contributed by atoms with van der Waals surface area (Å²) in [6, 6.07) is 7.40. The van der Waals surface area contributed by atoms with Gasteiger partial charge < -0.3 is 10.6 Å². The first-order chi connectivity index (χ1) is 11.3. The average Bonchev–Trinajstić information content (AvgIpc) is 2.54. The van der Waals surface area contributed by atoms with Crippen LogP contribution in [-0.2, 0) is 12.2 Å². The molecule has 0 saturated carbocycles. The van der Waals surface area contributed by atoms with E-state index in [1.807, 2.05) is 18.2 Å². The van der Waals surface area contributed by atoms with E-state index < -0.39 is 5.67 Å². The number of nitrogens with zero attached hydrogens (tertiary/aromatic N) is 1. The maximum Gasteiger partial charge on any atom is 0.255 e. The van der Waals surface area contributed by atoms with Crippen LogP contribution >= 0.6 is 0 Å². The second-order valence-electron chi connectivity index (χ2n) is 6.83. The van der Waals surface area contributed by atoms with Crippen molar-refractivity contribution in [3.05, 3.63) is 58.9 Å². The van der Waals surface area contributed by atoms with Crippen LogP contribution in [0.25, 0.3) is 0 Å². The third-order valence-corrected chi connectivity index (χ3v) is 4.38. The molecule has 1 aliphatic heterocycles. The smallest absolute Gasteiger partial charge is 0.255 e. The molecule has 5 heteroatoms.